The highest BCUT2D eigenvalue weighted by molar-refractivity contribution is 5.92. The Labute approximate surface area is 135 Å². The zero-order valence-electron chi connectivity index (χ0n) is 13.8. The van der Waals surface area contributed by atoms with E-state index >= 15 is 0 Å². The lowest BCUT2D eigenvalue weighted by Gasteiger charge is -2.19. The van der Waals surface area contributed by atoms with Crippen molar-refractivity contribution in [1.82, 2.24) is 9.78 Å². The quantitative estimate of drug-likeness (QED) is 0.888. The summed E-state index contributed by atoms with van der Waals surface area (Å²) < 4.78 is 1.32. The van der Waals surface area contributed by atoms with Gasteiger partial charge in [0.2, 0.25) is 5.91 Å². The number of rotatable bonds is 5. The number of hydrogen-bond donors (Lipinski definition) is 2. The average Bonchev–Trinajstić information content (AvgIpc) is 2.92. The fourth-order valence-corrected chi connectivity index (χ4v) is 2.28. The van der Waals surface area contributed by atoms with Gasteiger partial charge in [-0.25, -0.2) is 4.79 Å². The van der Waals surface area contributed by atoms with Gasteiger partial charge in [0.25, 0.3) is 0 Å². The van der Waals surface area contributed by atoms with Crippen molar-refractivity contribution >= 4 is 17.6 Å². The van der Waals surface area contributed by atoms with Crippen molar-refractivity contribution in [2.45, 2.75) is 39.7 Å². The van der Waals surface area contributed by atoms with Crippen molar-refractivity contribution in [3.05, 3.63) is 47.3 Å². The largest absolute Gasteiger partial charge is 0.479 e. The molecule has 6 nitrogen and oxygen atoms in total. The van der Waals surface area contributed by atoms with E-state index < -0.39 is 11.5 Å². The molecule has 2 N–H and O–H groups in total. The molecule has 0 atom stereocenters. The molecule has 0 bridgehead atoms. The summed E-state index contributed by atoms with van der Waals surface area (Å²) in [5.41, 5.74) is 2.46. The van der Waals surface area contributed by atoms with Crippen LogP contribution in [-0.2, 0) is 21.5 Å². The van der Waals surface area contributed by atoms with E-state index in [4.69, 9.17) is 0 Å². The molecule has 0 aliphatic rings. The Kier molecular flexibility index (Phi) is 4.54. The Bertz CT molecular complexity index is 727. The third kappa shape index (κ3) is 3.59. The second kappa shape index (κ2) is 6.24. The molecule has 1 heterocycles. The maximum Gasteiger partial charge on any atom is 0.331 e. The Morgan fingerprint density at radius 3 is 2.43 bits per heavy atom. The normalized spacial score (nSPS) is 11.3. The molecule has 1 aromatic heterocycles. The minimum atomic E-state index is -1.17. The number of aliphatic carboxylic acids is 1. The van der Waals surface area contributed by atoms with Crippen molar-refractivity contribution in [2.24, 2.45) is 0 Å². The van der Waals surface area contributed by atoms with Gasteiger partial charge in [0.05, 0.1) is 18.3 Å². The van der Waals surface area contributed by atoms with Crippen LogP contribution < -0.4 is 5.32 Å². The van der Waals surface area contributed by atoms with E-state index in [0.717, 1.165) is 16.7 Å². The van der Waals surface area contributed by atoms with Crippen molar-refractivity contribution in [3.8, 4) is 0 Å². The number of nitrogens with one attached hydrogen (secondary N) is 1. The second-order valence-corrected chi connectivity index (χ2v) is 6.13. The number of carboxylic acids is 1. The number of nitrogens with zero attached hydrogens (tertiary/aromatic N) is 2. The lowest BCUT2D eigenvalue weighted by Crippen LogP contribution is -2.35. The van der Waals surface area contributed by atoms with Gasteiger partial charge in [-0.05, 0) is 44.4 Å². The molecule has 1 amide bonds. The third-order valence-electron chi connectivity index (χ3n) is 3.94. The smallest absolute Gasteiger partial charge is 0.331 e. The van der Waals surface area contributed by atoms with Crippen LogP contribution in [-0.4, -0.2) is 26.8 Å². The van der Waals surface area contributed by atoms with Crippen LogP contribution in [0.2, 0.25) is 0 Å². The molecular weight excluding hydrogens is 294 g/mol. The van der Waals surface area contributed by atoms with Gasteiger partial charge < -0.3 is 10.4 Å². The Morgan fingerprint density at radius 2 is 1.87 bits per heavy atom. The molecule has 23 heavy (non-hydrogen) atoms. The highest BCUT2D eigenvalue weighted by Crippen LogP contribution is 2.18. The number of aromatic nitrogens is 2. The van der Waals surface area contributed by atoms with Crippen LogP contribution in [0.1, 0.15) is 30.5 Å². The van der Waals surface area contributed by atoms with Crippen LogP contribution in [0.25, 0.3) is 0 Å². The van der Waals surface area contributed by atoms with Crippen molar-refractivity contribution < 1.29 is 14.7 Å². The van der Waals surface area contributed by atoms with E-state index in [0.29, 0.717) is 5.69 Å². The van der Waals surface area contributed by atoms with Gasteiger partial charge in [0.1, 0.15) is 0 Å². The van der Waals surface area contributed by atoms with Crippen LogP contribution in [0.4, 0.5) is 5.69 Å². The molecule has 122 valence electrons. The number of hydrogen-bond acceptors (Lipinski definition) is 3. The molecule has 0 aliphatic carbocycles. The molecule has 0 saturated heterocycles. The highest BCUT2D eigenvalue weighted by atomic mass is 16.4. The molecule has 0 radical (unpaired) electrons. The van der Waals surface area contributed by atoms with E-state index in [1.165, 1.54) is 17.1 Å². The number of benzene rings is 1. The van der Waals surface area contributed by atoms with Gasteiger partial charge >= 0.3 is 5.97 Å². The molecular formula is C17H21N3O3. The molecule has 0 spiro atoms. The summed E-state index contributed by atoms with van der Waals surface area (Å²) in [7, 11) is 0. The number of anilines is 1. The summed E-state index contributed by atoms with van der Waals surface area (Å²) in [5.74, 6) is -1.15. The van der Waals surface area contributed by atoms with E-state index in [9.17, 15) is 14.7 Å². The summed E-state index contributed by atoms with van der Waals surface area (Å²) in [6, 6.07) is 5.91. The Morgan fingerprint density at radius 1 is 1.26 bits per heavy atom. The van der Waals surface area contributed by atoms with Crippen LogP contribution in [0, 0.1) is 13.8 Å². The number of carbonyl (C=O) groups excluding carboxylic acids is 1. The summed E-state index contributed by atoms with van der Waals surface area (Å²) in [4.78, 5) is 23.4. The number of amides is 1. The fourth-order valence-electron chi connectivity index (χ4n) is 2.28. The zero-order chi connectivity index (χ0) is 17.2. The average molecular weight is 315 g/mol. The van der Waals surface area contributed by atoms with E-state index in [2.05, 4.69) is 10.4 Å². The zero-order valence-corrected chi connectivity index (χ0v) is 13.8. The third-order valence-corrected chi connectivity index (χ3v) is 3.94. The molecule has 0 unspecified atom stereocenters. The van der Waals surface area contributed by atoms with E-state index in [1.807, 2.05) is 32.0 Å². The topological polar surface area (TPSA) is 84.2 Å². The van der Waals surface area contributed by atoms with Gasteiger partial charge in [-0.2, -0.15) is 5.10 Å². The van der Waals surface area contributed by atoms with E-state index in [-0.39, 0.29) is 12.3 Å². The number of carboxylic acid groups (broad SMARTS) is 1. The van der Waals surface area contributed by atoms with Gasteiger partial charge in [0, 0.05) is 6.20 Å². The lowest BCUT2D eigenvalue weighted by molar-refractivity contribution is -0.146. The fraction of sp³-hybridized carbons (Fsp3) is 0.353. The monoisotopic (exact) mass is 315 g/mol. The van der Waals surface area contributed by atoms with Gasteiger partial charge in [-0.1, -0.05) is 18.2 Å². The van der Waals surface area contributed by atoms with Crippen LogP contribution in [0.5, 0.6) is 0 Å². The minimum absolute atomic E-state index is 0.157. The molecule has 6 heteroatoms. The van der Waals surface area contributed by atoms with Gasteiger partial charge in [0.15, 0.2) is 5.54 Å². The molecule has 0 fully saturated rings. The predicted molar refractivity (Wildman–Crippen MR) is 87.4 cm³/mol. The summed E-state index contributed by atoms with van der Waals surface area (Å²) in [6.45, 7) is 7.04. The van der Waals surface area contributed by atoms with Gasteiger partial charge in [-0.15, -0.1) is 0 Å². The van der Waals surface area contributed by atoms with Crippen LogP contribution in [0.15, 0.2) is 30.6 Å². The van der Waals surface area contributed by atoms with Crippen molar-refractivity contribution in [1.29, 1.82) is 0 Å². The summed E-state index contributed by atoms with van der Waals surface area (Å²) in [5, 5.41) is 16.0. The molecule has 2 rings (SSSR count). The first-order valence-corrected chi connectivity index (χ1v) is 7.35. The van der Waals surface area contributed by atoms with E-state index in [1.54, 1.807) is 13.8 Å². The molecule has 1 aromatic carbocycles. The second-order valence-electron chi connectivity index (χ2n) is 6.13. The summed E-state index contributed by atoms with van der Waals surface area (Å²) in [6.07, 6.45) is 3.25. The first kappa shape index (κ1) is 16.7. The number of carbonyl (C=O) groups is 2. The molecule has 0 saturated carbocycles. The summed E-state index contributed by atoms with van der Waals surface area (Å²) >= 11 is 0. The van der Waals surface area contributed by atoms with Crippen LogP contribution in [0.3, 0.4) is 0 Å². The lowest BCUT2D eigenvalue weighted by atomic mass is 10.00. The highest BCUT2D eigenvalue weighted by Gasteiger charge is 2.30. The maximum absolute atomic E-state index is 12.2. The first-order valence-electron chi connectivity index (χ1n) is 7.35. The Balaban J connectivity index is 2.10. The van der Waals surface area contributed by atoms with Crippen molar-refractivity contribution in [2.75, 3.05) is 5.32 Å². The standard InChI is InChI=1S/C17H21N3O3/c1-11-6-5-7-12(2)14(11)8-15(21)19-13-9-18-20(10-13)17(3,4)16(22)23/h5-7,9-10H,8H2,1-4H3,(H,19,21)(H,22,23). The minimum Gasteiger partial charge on any atom is -0.479 e. The first-order chi connectivity index (χ1) is 10.7. The molecule has 2 aromatic rings. The Hall–Kier alpha value is -2.63. The van der Waals surface area contributed by atoms with Crippen molar-refractivity contribution in [3.63, 3.8) is 0 Å². The number of aryl methyl sites for hydroxylation is 2. The van der Waals surface area contributed by atoms with Gasteiger partial charge in [-0.3, -0.25) is 9.48 Å². The molecule has 0 aliphatic heterocycles. The maximum atomic E-state index is 12.2. The van der Waals surface area contributed by atoms with Crippen LogP contribution >= 0.6 is 0 Å². The predicted octanol–water partition coefficient (Wildman–Crippen LogP) is 2.50. The SMILES string of the molecule is Cc1cccc(C)c1CC(=O)Nc1cnn(C(C)(C)C(=O)O)c1.